The van der Waals surface area contributed by atoms with Crippen molar-refractivity contribution >= 4 is 11.8 Å². The molecule has 0 radical (unpaired) electrons. The van der Waals surface area contributed by atoms with Gasteiger partial charge in [-0.05, 0) is 43.9 Å². The molecule has 6 nitrogen and oxygen atoms in total. The highest BCUT2D eigenvalue weighted by Crippen LogP contribution is 2.24. The number of hydrogen-bond donors (Lipinski definition) is 1. The molecule has 144 valence electrons. The number of ether oxygens (including phenoxy) is 2. The number of halogens is 1. The molecule has 2 saturated heterocycles. The molecule has 2 heterocycles. The highest BCUT2D eigenvalue weighted by molar-refractivity contribution is 5.68. The van der Waals surface area contributed by atoms with Crippen molar-refractivity contribution in [2.45, 2.75) is 43.9 Å². The van der Waals surface area contributed by atoms with Crippen molar-refractivity contribution < 1.29 is 18.7 Å². The van der Waals surface area contributed by atoms with Crippen LogP contribution in [0.3, 0.4) is 0 Å². The van der Waals surface area contributed by atoms with E-state index in [0.29, 0.717) is 13.2 Å². The Morgan fingerprint density at radius 3 is 2.73 bits per heavy atom. The van der Waals surface area contributed by atoms with Gasteiger partial charge in [-0.3, -0.25) is 0 Å². The minimum Gasteiger partial charge on any atom is -0.453 e. The van der Waals surface area contributed by atoms with Crippen molar-refractivity contribution in [3.8, 4) is 0 Å². The van der Waals surface area contributed by atoms with Crippen LogP contribution in [0, 0.1) is 5.82 Å². The summed E-state index contributed by atoms with van der Waals surface area (Å²) < 4.78 is 24.4. The van der Waals surface area contributed by atoms with Gasteiger partial charge < -0.3 is 25.0 Å². The Bertz CT molecular complexity index is 607. The maximum Gasteiger partial charge on any atom is 0.409 e. The van der Waals surface area contributed by atoms with Gasteiger partial charge in [-0.25, -0.2) is 9.18 Å². The van der Waals surface area contributed by atoms with Gasteiger partial charge in [0.2, 0.25) is 0 Å². The fourth-order valence-corrected chi connectivity index (χ4v) is 3.83. The molecule has 1 aromatic rings. The Morgan fingerprint density at radius 2 is 2.04 bits per heavy atom. The normalized spacial score (nSPS) is 24.6. The van der Waals surface area contributed by atoms with Crippen molar-refractivity contribution in [1.29, 1.82) is 0 Å². The average Bonchev–Trinajstić information content (AvgIpc) is 2.66. The summed E-state index contributed by atoms with van der Waals surface area (Å²) in [6.45, 7) is 2.74. The number of amides is 1. The topological polar surface area (TPSA) is 68.0 Å². The molecule has 2 aliphatic heterocycles. The van der Waals surface area contributed by atoms with Crippen LogP contribution in [0.5, 0.6) is 0 Å². The number of nitrogens with zero attached hydrogens (tertiary/aromatic N) is 2. The second kappa shape index (κ2) is 8.68. The monoisotopic (exact) mass is 365 g/mol. The summed E-state index contributed by atoms with van der Waals surface area (Å²) in [6.07, 6.45) is 3.31. The lowest BCUT2D eigenvalue weighted by atomic mass is 9.98. The molecule has 26 heavy (non-hydrogen) atoms. The number of carbonyl (C=O) groups is 1. The first-order valence-electron chi connectivity index (χ1n) is 9.30. The lowest BCUT2D eigenvalue weighted by Crippen LogP contribution is -2.56. The van der Waals surface area contributed by atoms with Gasteiger partial charge in [0, 0.05) is 31.4 Å². The van der Waals surface area contributed by atoms with Crippen molar-refractivity contribution in [1.82, 2.24) is 4.90 Å². The zero-order valence-electron chi connectivity index (χ0n) is 15.3. The number of methoxy groups -OCH3 is 1. The molecule has 0 bridgehead atoms. The number of rotatable bonds is 4. The van der Waals surface area contributed by atoms with E-state index in [4.69, 9.17) is 15.2 Å². The van der Waals surface area contributed by atoms with Crippen LogP contribution in [-0.2, 0) is 9.47 Å². The van der Waals surface area contributed by atoms with Gasteiger partial charge in [-0.2, -0.15) is 0 Å². The van der Waals surface area contributed by atoms with E-state index in [1.54, 1.807) is 17.0 Å². The lowest BCUT2D eigenvalue weighted by Gasteiger charge is -2.40. The number of benzene rings is 1. The van der Waals surface area contributed by atoms with Gasteiger partial charge in [0.15, 0.2) is 0 Å². The second-order valence-electron chi connectivity index (χ2n) is 7.04. The maximum atomic E-state index is 13.4. The van der Waals surface area contributed by atoms with Gasteiger partial charge >= 0.3 is 6.09 Å². The minimum atomic E-state index is -0.338. The molecule has 0 saturated carbocycles. The Morgan fingerprint density at radius 1 is 1.27 bits per heavy atom. The summed E-state index contributed by atoms with van der Waals surface area (Å²) in [6, 6.07) is 6.46. The quantitative estimate of drug-likeness (QED) is 0.887. The molecule has 7 heteroatoms. The number of hydrogen-bond acceptors (Lipinski definition) is 5. The summed E-state index contributed by atoms with van der Waals surface area (Å²) in [5.41, 5.74) is 7.13. The molecule has 3 rings (SSSR count). The van der Waals surface area contributed by atoms with E-state index in [9.17, 15) is 9.18 Å². The van der Waals surface area contributed by atoms with E-state index in [2.05, 4.69) is 4.90 Å². The first-order chi connectivity index (χ1) is 12.6. The summed E-state index contributed by atoms with van der Waals surface area (Å²) in [4.78, 5) is 15.8. The predicted octanol–water partition coefficient (Wildman–Crippen LogP) is 2.37. The van der Waals surface area contributed by atoms with Crippen LogP contribution >= 0.6 is 0 Å². The number of anilines is 1. The van der Waals surface area contributed by atoms with E-state index in [1.165, 1.54) is 13.2 Å². The molecule has 0 unspecified atom stereocenters. The van der Waals surface area contributed by atoms with Crippen LogP contribution in [-0.4, -0.2) is 62.5 Å². The lowest BCUT2D eigenvalue weighted by molar-refractivity contribution is -0.0163. The maximum absolute atomic E-state index is 13.4. The molecule has 0 spiro atoms. The third-order valence-electron chi connectivity index (χ3n) is 5.36. The number of carbonyl (C=O) groups excluding carboxylic acids is 1. The van der Waals surface area contributed by atoms with Gasteiger partial charge in [0.05, 0.1) is 25.9 Å². The fraction of sp³-hybridized carbons (Fsp3) is 0.632. The molecule has 1 aromatic carbocycles. The molecule has 1 amide bonds. The largest absolute Gasteiger partial charge is 0.453 e. The van der Waals surface area contributed by atoms with Crippen LogP contribution in [0.1, 0.15) is 25.7 Å². The molecule has 0 aliphatic carbocycles. The van der Waals surface area contributed by atoms with Crippen molar-refractivity contribution in [3.63, 3.8) is 0 Å². The Labute approximate surface area is 154 Å². The average molecular weight is 365 g/mol. The van der Waals surface area contributed by atoms with Crippen molar-refractivity contribution in [2.24, 2.45) is 5.73 Å². The third-order valence-corrected chi connectivity index (χ3v) is 5.36. The van der Waals surface area contributed by atoms with Crippen molar-refractivity contribution in [2.75, 3.05) is 38.3 Å². The van der Waals surface area contributed by atoms with Gasteiger partial charge in [0.25, 0.3) is 0 Å². The van der Waals surface area contributed by atoms with E-state index < -0.39 is 0 Å². The Balaban J connectivity index is 1.50. The molecule has 0 aromatic heterocycles. The summed E-state index contributed by atoms with van der Waals surface area (Å²) in [7, 11) is 1.39. The standard InChI is InChI=1S/C19H28FN3O3/c1-25-19(24)23-9-3-6-17(21)18(23)13-26-16-7-10-22(11-8-16)15-5-2-4-14(20)12-15/h2,4-5,12,16-18H,3,6-11,13,21H2,1H3/t17-,18-/m0/s1. The molecular formula is C19H28FN3O3. The van der Waals surface area contributed by atoms with Gasteiger partial charge in [0.1, 0.15) is 5.82 Å². The van der Waals surface area contributed by atoms with E-state index in [1.807, 2.05) is 6.07 Å². The SMILES string of the molecule is COC(=O)N1CCC[C@H](N)[C@@H]1COC1CCN(c2cccc(F)c2)CC1. The third kappa shape index (κ3) is 4.45. The predicted molar refractivity (Wildman–Crippen MR) is 97.7 cm³/mol. The highest BCUT2D eigenvalue weighted by Gasteiger charge is 2.34. The smallest absolute Gasteiger partial charge is 0.409 e. The summed E-state index contributed by atoms with van der Waals surface area (Å²) in [5, 5.41) is 0. The second-order valence-corrected chi connectivity index (χ2v) is 7.04. The van der Waals surface area contributed by atoms with Crippen molar-refractivity contribution in [3.05, 3.63) is 30.1 Å². The zero-order valence-corrected chi connectivity index (χ0v) is 15.3. The number of likely N-dealkylation sites (tertiary alicyclic amines) is 1. The van der Waals surface area contributed by atoms with E-state index in [-0.39, 0.29) is 30.1 Å². The van der Waals surface area contributed by atoms with E-state index >= 15 is 0 Å². The fourth-order valence-electron chi connectivity index (χ4n) is 3.83. The highest BCUT2D eigenvalue weighted by atomic mass is 19.1. The Kier molecular flexibility index (Phi) is 6.32. The summed E-state index contributed by atoms with van der Waals surface area (Å²) in [5.74, 6) is -0.213. The van der Waals surface area contributed by atoms with Crippen LogP contribution in [0.2, 0.25) is 0 Å². The molecule has 2 aliphatic rings. The Hall–Kier alpha value is -1.86. The molecule has 2 atom stereocenters. The molecular weight excluding hydrogens is 337 g/mol. The minimum absolute atomic E-state index is 0.0877. The first-order valence-corrected chi connectivity index (χ1v) is 9.30. The van der Waals surface area contributed by atoms with E-state index in [0.717, 1.165) is 44.5 Å². The number of piperidine rings is 2. The van der Waals surface area contributed by atoms with Gasteiger partial charge in [-0.15, -0.1) is 0 Å². The summed E-state index contributed by atoms with van der Waals surface area (Å²) >= 11 is 0. The van der Waals surface area contributed by atoms with Crippen LogP contribution in [0.4, 0.5) is 14.9 Å². The van der Waals surface area contributed by atoms with Crippen LogP contribution in [0.15, 0.2) is 24.3 Å². The molecule has 2 fully saturated rings. The van der Waals surface area contributed by atoms with Gasteiger partial charge in [-0.1, -0.05) is 6.07 Å². The zero-order chi connectivity index (χ0) is 18.5. The van der Waals surface area contributed by atoms with Crippen LogP contribution in [0.25, 0.3) is 0 Å². The number of nitrogens with two attached hydrogens (primary N) is 1. The molecule has 2 N–H and O–H groups in total. The first kappa shape index (κ1) is 18.9. The van der Waals surface area contributed by atoms with Crippen LogP contribution < -0.4 is 10.6 Å².